The van der Waals surface area contributed by atoms with Crippen LogP contribution in [0.25, 0.3) is 0 Å². The topological polar surface area (TPSA) is 50.2 Å². The standard InChI is InChI=1S/C15H20N4OS/c1-11-4-6-21-14(11)10-18-8-12-3-5-17-19(12)13(9-18)7-15(20)16-2/h3-6,13H,7-10H2,1-2H3,(H,16,20)/t13-/m0/s1. The number of fused-ring (bicyclic) bond motifs is 1. The van der Waals surface area contributed by atoms with Gasteiger partial charge in [0.05, 0.1) is 18.2 Å². The van der Waals surface area contributed by atoms with Gasteiger partial charge in [0.1, 0.15) is 0 Å². The van der Waals surface area contributed by atoms with Crippen LogP contribution in [0.2, 0.25) is 0 Å². The van der Waals surface area contributed by atoms with E-state index in [1.807, 2.05) is 16.9 Å². The smallest absolute Gasteiger partial charge is 0.221 e. The molecule has 0 spiro atoms. The molecule has 1 aliphatic heterocycles. The first-order valence-corrected chi connectivity index (χ1v) is 8.03. The van der Waals surface area contributed by atoms with Crippen molar-refractivity contribution in [3.63, 3.8) is 0 Å². The van der Waals surface area contributed by atoms with Crippen LogP contribution in [0.1, 0.15) is 28.6 Å². The Morgan fingerprint density at radius 1 is 1.52 bits per heavy atom. The van der Waals surface area contributed by atoms with E-state index >= 15 is 0 Å². The lowest BCUT2D eigenvalue weighted by Crippen LogP contribution is -2.39. The Morgan fingerprint density at radius 2 is 2.38 bits per heavy atom. The highest BCUT2D eigenvalue weighted by molar-refractivity contribution is 7.10. The van der Waals surface area contributed by atoms with Crippen molar-refractivity contribution in [2.45, 2.75) is 32.5 Å². The fourth-order valence-electron chi connectivity index (χ4n) is 2.82. The summed E-state index contributed by atoms with van der Waals surface area (Å²) < 4.78 is 2.01. The number of carbonyl (C=O) groups is 1. The highest BCUT2D eigenvalue weighted by Crippen LogP contribution is 2.26. The first-order valence-electron chi connectivity index (χ1n) is 7.15. The molecule has 0 unspecified atom stereocenters. The van der Waals surface area contributed by atoms with E-state index < -0.39 is 0 Å². The van der Waals surface area contributed by atoms with Crippen molar-refractivity contribution in [2.24, 2.45) is 0 Å². The Kier molecular flexibility index (Phi) is 4.07. The summed E-state index contributed by atoms with van der Waals surface area (Å²) in [6.07, 6.45) is 2.30. The molecule has 1 aliphatic rings. The lowest BCUT2D eigenvalue weighted by atomic mass is 10.1. The van der Waals surface area contributed by atoms with Crippen molar-refractivity contribution in [1.29, 1.82) is 0 Å². The van der Waals surface area contributed by atoms with Crippen molar-refractivity contribution in [3.8, 4) is 0 Å². The number of aromatic nitrogens is 2. The maximum absolute atomic E-state index is 11.7. The molecule has 6 heteroatoms. The minimum absolute atomic E-state index is 0.0654. The zero-order valence-corrected chi connectivity index (χ0v) is 13.2. The van der Waals surface area contributed by atoms with Gasteiger partial charge in [-0.05, 0) is 30.0 Å². The summed E-state index contributed by atoms with van der Waals surface area (Å²) in [5.41, 5.74) is 2.53. The fraction of sp³-hybridized carbons (Fsp3) is 0.467. The zero-order chi connectivity index (χ0) is 14.8. The van der Waals surface area contributed by atoms with Crippen molar-refractivity contribution in [1.82, 2.24) is 20.0 Å². The van der Waals surface area contributed by atoms with Crippen LogP contribution in [0.4, 0.5) is 0 Å². The number of hydrogen-bond acceptors (Lipinski definition) is 4. The monoisotopic (exact) mass is 304 g/mol. The van der Waals surface area contributed by atoms with Crippen molar-refractivity contribution >= 4 is 17.2 Å². The van der Waals surface area contributed by atoms with Crippen LogP contribution in [0, 0.1) is 6.92 Å². The number of rotatable bonds is 4. The number of nitrogens with one attached hydrogen (secondary N) is 1. The van der Waals surface area contributed by atoms with Gasteiger partial charge in [-0.25, -0.2) is 0 Å². The van der Waals surface area contributed by atoms with Crippen LogP contribution < -0.4 is 5.32 Å². The van der Waals surface area contributed by atoms with Gasteiger partial charge in [0.15, 0.2) is 0 Å². The molecule has 0 radical (unpaired) electrons. The van der Waals surface area contributed by atoms with Gasteiger partial charge in [-0.15, -0.1) is 11.3 Å². The molecule has 0 fully saturated rings. The summed E-state index contributed by atoms with van der Waals surface area (Å²) in [6.45, 7) is 4.85. The second kappa shape index (κ2) is 5.99. The molecular formula is C15H20N4OS. The van der Waals surface area contributed by atoms with Crippen LogP contribution >= 0.6 is 11.3 Å². The summed E-state index contributed by atoms with van der Waals surface area (Å²) in [5.74, 6) is 0.0654. The summed E-state index contributed by atoms with van der Waals surface area (Å²) >= 11 is 1.80. The molecule has 3 heterocycles. The van der Waals surface area contributed by atoms with Crippen LogP contribution in [0.3, 0.4) is 0 Å². The molecule has 2 aromatic rings. The van der Waals surface area contributed by atoms with Crippen LogP contribution in [-0.2, 0) is 17.9 Å². The SMILES string of the molecule is CNC(=O)C[C@H]1CN(Cc2sccc2C)Cc2ccnn21. The highest BCUT2D eigenvalue weighted by Gasteiger charge is 2.27. The normalized spacial score (nSPS) is 18.5. The Labute approximate surface area is 128 Å². The Hall–Kier alpha value is -1.66. The summed E-state index contributed by atoms with van der Waals surface area (Å²) in [4.78, 5) is 15.5. The predicted molar refractivity (Wildman–Crippen MR) is 83.1 cm³/mol. The highest BCUT2D eigenvalue weighted by atomic mass is 32.1. The maximum Gasteiger partial charge on any atom is 0.221 e. The van der Waals surface area contributed by atoms with Crippen LogP contribution in [0.5, 0.6) is 0 Å². The quantitative estimate of drug-likeness (QED) is 0.939. The van der Waals surface area contributed by atoms with Gasteiger partial charge in [0.25, 0.3) is 0 Å². The molecule has 112 valence electrons. The molecular weight excluding hydrogens is 284 g/mol. The van der Waals surface area contributed by atoms with Crippen LogP contribution in [0.15, 0.2) is 23.7 Å². The molecule has 1 amide bonds. The molecule has 1 atom stereocenters. The van der Waals surface area contributed by atoms with E-state index in [1.165, 1.54) is 16.1 Å². The minimum Gasteiger partial charge on any atom is -0.359 e. The summed E-state index contributed by atoms with van der Waals surface area (Å²) in [6, 6.07) is 4.32. The summed E-state index contributed by atoms with van der Waals surface area (Å²) in [7, 11) is 1.68. The molecule has 3 rings (SSSR count). The van der Waals surface area contributed by atoms with Gasteiger partial charge in [0, 0.05) is 37.8 Å². The van der Waals surface area contributed by atoms with Crippen molar-refractivity contribution in [3.05, 3.63) is 39.8 Å². The molecule has 5 nitrogen and oxygen atoms in total. The van der Waals surface area contributed by atoms with Gasteiger partial charge in [-0.3, -0.25) is 14.4 Å². The Balaban J connectivity index is 1.77. The van der Waals surface area contributed by atoms with Crippen LogP contribution in [-0.4, -0.2) is 34.2 Å². The number of hydrogen-bond donors (Lipinski definition) is 1. The van der Waals surface area contributed by atoms with Gasteiger partial charge in [0.2, 0.25) is 5.91 Å². The Bertz CT molecular complexity index is 633. The lowest BCUT2D eigenvalue weighted by Gasteiger charge is -2.33. The van der Waals surface area contributed by atoms with Crippen molar-refractivity contribution in [2.75, 3.05) is 13.6 Å². The third-order valence-corrected chi connectivity index (χ3v) is 5.00. The third kappa shape index (κ3) is 3.01. The lowest BCUT2D eigenvalue weighted by molar-refractivity contribution is -0.121. The van der Waals surface area contributed by atoms with Gasteiger partial charge >= 0.3 is 0 Å². The molecule has 21 heavy (non-hydrogen) atoms. The molecule has 1 N–H and O–H groups in total. The second-order valence-corrected chi connectivity index (χ2v) is 6.50. The average molecular weight is 304 g/mol. The third-order valence-electron chi connectivity index (χ3n) is 3.99. The number of amides is 1. The largest absolute Gasteiger partial charge is 0.359 e. The fourth-order valence-corrected chi connectivity index (χ4v) is 3.77. The first kappa shape index (κ1) is 14.3. The molecule has 0 bridgehead atoms. The minimum atomic E-state index is 0.0654. The number of nitrogens with zero attached hydrogens (tertiary/aromatic N) is 3. The van der Waals surface area contributed by atoms with E-state index in [2.05, 4.69) is 33.7 Å². The van der Waals surface area contributed by atoms with E-state index in [-0.39, 0.29) is 11.9 Å². The molecule has 0 saturated carbocycles. The van der Waals surface area contributed by atoms with E-state index in [1.54, 1.807) is 18.4 Å². The van der Waals surface area contributed by atoms with Crippen molar-refractivity contribution < 1.29 is 4.79 Å². The van der Waals surface area contributed by atoms with Gasteiger partial charge in [-0.1, -0.05) is 0 Å². The van der Waals surface area contributed by atoms with E-state index in [4.69, 9.17) is 0 Å². The van der Waals surface area contributed by atoms with Gasteiger partial charge in [-0.2, -0.15) is 5.10 Å². The average Bonchev–Trinajstić information content (AvgIpc) is 3.08. The molecule has 2 aromatic heterocycles. The second-order valence-electron chi connectivity index (χ2n) is 5.49. The number of carbonyl (C=O) groups excluding carboxylic acids is 1. The molecule has 0 saturated heterocycles. The first-order chi connectivity index (χ1) is 10.2. The predicted octanol–water partition coefficient (Wildman–Crippen LogP) is 1.95. The van der Waals surface area contributed by atoms with E-state index in [0.717, 1.165) is 19.6 Å². The van der Waals surface area contributed by atoms with Gasteiger partial charge < -0.3 is 5.32 Å². The number of aryl methyl sites for hydroxylation is 1. The maximum atomic E-state index is 11.7. The molecule has 0 aromatic carbocycles. The number of thiophene rings is 1. The van der Waals surface area contributed by atoms with E-state index in [9.17, 15) is 4.79 Å². The Morgan fingerprint density at radius 3 is 3.10 bits per heavy atom. The zero-order valence-electron chi connectivity index (χ0n) is 12.4. The molecule has 0 aliphatic carbocycles. The van der Waals surface area contributed by atoms with E-state index in [0.29, 0.717) is 6.42 Å². The summed E-state index contributed by atoms with van der Waals surface area (Å²) in [5, 5.41) is 9.24.